The van der Waals surface area contributed by atoms with Crippen molar-refractivity contribution in [1.29, 1.82) is 0 Å². The van der Waals surface area contributed by atoms with Crippen LogP contribution in [0.1, 0.15) is 31.1 Å². The quantitative estimate of drug-likeness (QED) is 0.663. The number of esters is 2. The molecule has 0 saturated carbocycles. The number of carbonyl (C=O) groups excluding carboxylic acids is 3. The van der Waals surface area contributed by atoms with E-state index in [1.54, 1.807) is 18.2 Å². The van der Waals surface area contributed by atoms with Crippen LogP contribution in [-0.4, -0.2) is 30.5 Å². The molecule has 0 fully saturated rings. The van der Waals surface area contributed by atoms with E-state index in [0.29, 0.717) is 0 Å². The number of amides is 1. The standard InChI is InChI=1S/C14H17NO5/c1-9(16)20-11-7-5-6-10(8-11)12(17)15-14(2,3)13(18)19-4/h5-8H,1-4H3,(H,15,17). The van der Waals surface area contributed by atoms with Gasteiger partial charge >= 0.3 is 11.9 Å². The van der Waals surface area contributed by atoms with Crippen LogP contribution in [0.2, 0.25) is 0 Å². The summed E-state index contributed by atoms with van der Waals surface area (Å²) in [6, 6.07) is 6.11. The van der Waals surface area contributed by atoms with Gasteiger partial charge in [-0.15, -0.1) is 0 Å². The molecule has 6 heteroatoms. The van der Waals surface area contributed by atoms with Gasteiger partial charge in [-0.05, 0) is 32.0 Å². The SMILES string of the molecule is COC(=O)C(C)(C)NC(=O)c1cccc(OC(C)=O)c1. The van der Waals surface area contributed by atoms with Crippen molar-refractivity contribution in [3.05, 3.63) is 29.8 Å². The van der Waals surface area contributed by atoms with Crippen LogP contribution in [0.4, 0.5) is 0 Å². The third-order valence-electron chi connectivity index (χ3n) is 2.48. The van der Waals surface area contributed by atoms with E-state index in [4.69, 9.17) is 4.74 Å². The Morgan fingerprint density at radius 2 is 1.85 bits per heavy atom. The van der Waals surface area contributed by atoms with E-state index in [0.717, 1.165) is 0 Å². The van der Waals surface area contributed by atoms with E-state index in [9.17, 15) is 14.4 Å². The summed E-state index contributed by atoms with van der Waals surface area (Å²) in [4.78, 5) is 34.4. The molecule has 0 bridgehead atoms. The molecule has 0 aliphatic rings. The number of hydrogen-bond donors (Lipinski definition) is 1. The molecule has 1 aromatic rings. The third kappa shape index (κ3) is 4.08. The molecule has 1 N–H and O–H groups in total. The number of benzene rings is 1. The van der Waals surface area contributed by atoms with Crippen molar-refractivity contribution < 1.29 is 23.9 Å². The fraction of sp³-hybridized carbons (Fsp3) is 0.357. The van der Waals surface area contributed by atoms with Gasteiger partial charge in [-0.2, -0.15) is 0 Å². The smallest absolute Gasteiger partial charge is 0.330 e. The van der Waals surface area contributed by atoms with Crippen LogP contribution in [0, 0.1) is 0 Å². The van der Waals surface area contributed by atoms with Gasteiger partial charge in [-0.25, -0.2) is 4.79 Å². The van der Waals surface area contributed by atoms with E-state index in [-0.39, 0.29) is 11.3 Å². The zero-order valence-electron chi connectivity index (χ0n) is 11.9. The van der Waals surface area contributed by atoms with Crippen molar-refractivity contribution in [2.24, 2.45) is 0 Å². The predicted octanol–water partition coefficient (Wildman–Crippen LogP) is 1.29. The van der Waals surface area contributed by atoms with Gasteiger partial charge in [0.1, 0.15) is 11.3 Å². The van der Waals surface area contributed by atoms with Gasteiger partial charge in [0.2, 0.25) is 0 Å². The first-order valence-electron chi connectivity index (χ1n) is 5.95. The third-order valence-corrected chi connectivity index (χ3v) is 2.48. The Morgan fingerprint density at radius 3 is 2.40 bits per heavy atom. The normalized spacial score (nSPS) is 10.6. The Kier molecular flexibility index (Phi) is 4.85. The van der Waals surface area contributed by atoms with Gasteiger partial charge in [-0.1, -0.05) is 6.07 Å². The summed E-state index contributed by atoms with van der Waals surface area (Å²) in [7, 11) is 1.25. The van der Waals surface area contributed by atoms with E-state index in [1.165, 1.54) is 33.9 Å². The van der Waals surface area contributed by atoms with Crippen molar-refractivity contribution in [3.8, 4) is 5.75 Å². The van der Waals surface area contributed by atoms with Crippen molar-refractivity contribution in [3.63, 3.8) is 0 Å². The van der Waals surface area contributed by atoms with E-state index in [2.05, 4.69) is 10.1 Å². The Hall–Kier alpha value is -2.37. The maximum atomic E-state index is 12.1. The second-order valence-corrected chi connectivity index (χ2v) is 4.69. The molecule has 0 spiro atoms. The van der Waals surface area contributed by atoms with Crippen molar-refractivity contribution in [1.82, 2.24) is 5.32 Å². The summed E-state index contributed by atoms with van der Waals surface area (Å²) in [6.45, 7) is 4.34. The van der Waals surface area contributed by atoms with E-state index in [1.807, 2.05) is 0 Å². The second-order valence-electron chi connectivity index (χ2n) is 4.69. The van der Waals surface area contributed by atoms with Crippen molar-refractivity contribution in [2.75, 3.05) is 7.11 Å². The van der Waals surface area contributed by atoms with Crippen LogP contribution in [0.25, 0.3) is 0 Å². The zero-order valence-corrected chi connectivity index (χ0v) is 11.9. The van der Waals surface area contributed by atoms with Crippen LogP contribution in [-0.2, 0) is 14.3 Å². The number of carbonyl (C=O) groups is 3. The highest BCUT2D eigenvalue weighted by atomic mass is 16.5. The van der Waals surface area contributed by atoms with Crippen LogP contribution < -0.4 is 10.1 Å². The molecule has 0 heterocycles. The maximum absolute atomic E-state index is 12.1. The number of ether oxygens (including phenoxy) is 2. The molecule has 0 saturated heterocycles. The fourth-order valence-electron chi connectivity index (χ4n) is 1.53. The highest BCUT2D eigenvalue weighted by molar-refractivity contribution is 5.98. The van der Waals surface area contributed by atoms with Gasteiger partial charge < -0.3 is 14.8 Å². The van der Waals surface area contributed by atoms with Crippen LogP contribution >= 0.6 is 0 Å². The first-order valence-corrected chi connectivity index (χ1v) is 5.95. The van der Waals surface area contributed by atoms with Crippen molar-refractivity contribution in [2.45, 2.75) is 26.3 Å². The number of nitrogens with one attached hydrogen (secondary N) is 1. The molecule has 0 radical (unpaired) electrons. The average molecular weight is 279 g/mol. The Labute approximate surface area is 117 Å². The molecule has 0 aromatic heterocycles. The Morgan fingerprint density at radius 1 is 1.20 bits per heavy atom. The predicted molar refractivity (Wildman–Crippen MR) is 71.3 cm³/mol. The molecule has 0 aliphatic heterocycles. The van der Waals surface area contributed by atoms with E-state index < -0.39 is 23.4 Å². The van der Waals surface area contributed by atoms with Crippen LogP contribution in [0.5, 0.6) is 5.75 Å². The van der Waals surface area contributed by atoms with E-state index >= 15 is 0 Å². The summed E-state index contributed by atoms with van der Waals surface area (Å²) in [6.07, 6.45) is 0. The monoisotopic (exact) mass is 279 g/mol. The summed E-state index contributed by atoms with van der Waals surface area (Å²) in [5.74, 6) is -1.23. The molecule has 1 aromatic carbocycles. The molecule has 0 aliphatic carbocycles. The number of hydrogen-bond acceptors (Lipinski definition) is 5. The molecule has 0 atom stereocenters. The van der Waals surface area contributed by atoms with Crippen LogP contribution in [0.3, 0.4) is 0 Å². The Balaban J connectivity index is 2.87. The number of methoxy groups -OCH3 is 1. The summed E-state index contributed by atoms with van der Waals surface area (Å²) < 4.78 is 9.50. The van der Waals surface area contributed by atoms with Gasteiger partial charge in [0, 0.05) is 12.5 Å². The maximum Gasteiger partial charge on any atom is 0.330 e. The Bertz CT molecular complexity index is 536. The lowest BCUT2D eigenvalue weighted by atomic mass is 10.0. The zero-order chi connectivity index (χ0) is 15.3. The summed E-state index contributed by atoms with van der Waals surface area (Å²) in [5, 5.41) is 2.55. The van der Waals surface area contributed by atoms with Crippen LogP contribution in [0.15, 0.2) is 24.3 Å². The minimum absolute atomic E-state index is 0.265. The average Bonchev–Trinajstić information content (AvgIpc) is 2.36. The molecule has 1 rings (SSSR count). The molecule has 6 nitrogen and oxygen atoms in total. The summed E-state index contributed by atoms with van der Waals surface area (Å²) >= 11 is 0. The minimum atomic E-state index is -1.15. The lowest BCUT2D eigenvalue weighted by Gasteiger charge is -2.23. The fourth-order valence-corrected chi connectivity index (χ4v) is 1.53. The molecule has 20 heavy (non-hydrogen) atoms. The first kappa shape index (κ1) is 15.7. The molecule has 0 unspecified atom stereocenters. The van der Waals surface area contributed by atoms with Crippen molar-refractivity contribution >= 4 is 17.8 Å². The van der Waals surface area contributed by atoms with Gasteiger partial charge in [0.05, 0.1) is 7.11 Å². The highest BCUT2D eigenvalue weighted by Gasteiger charge is 2.30. The molecule has 1 amide bonds. The van der Waals surface area contributed by atoms with Gasteiger partial charge in [0.25, 0.3) is 5.91 Å². The summed E-state index contributed by atoms with van der Waals surface area (Å²) in [5.41, 5.74) is -0.871. The molecular formula is C14H17NO5. The lowest BCUT2D eigenvalue weighted by molar-refractivity contribution is -0.146. The second kappa shape index (κ2) is 6.18. The topological polar surface area (TPSA) is 81.7 Å². The molecule has 108 valence electrons. The van der Waals surface area contributed by atoms with Gasteiger partial charge in [0.15, 0.2) is 0 Å². The number of rotatable bonds is 4. The van der Waals surface area contributed by atoms with Gasteiger partial charge in [-0.3, -0.25) is 9.59 Å². The minimum Gasteiger partial charge on any atom is -0.467 e. The highest BCUT2D eigenvalue weighted by Crippen LogP contribution is 2.15. The molecular weight excluding hydrogens is 262 g/mol. The lowest BCUT2D eigenvalue weighted by Crippen LogP contribution is -2.50. The largest absolute Gasteiger partial charge is 0.467 e. The first-order chi connectivity index (χ1) is 9.26.